The summed E-state index contributed by atoms with van der Waals surface area (Å²) < 4.78 is 28.3. The topological polar surface area (TPSA) is 535 Å². The van der Waals surface area contributed by atoms with E-state index < -0.39 is 11.6 Å². The maximum absolute atomic E-state index is 14.0. The van der Waals surface area contributed by atoms with Gasteiger partial charge in [0, 0.05) is 49.4 Å². The van der Waals surface area contributed by atoms with Crippen LogP contribution in [0.5, 0.6) is 11.5 Å². The number of hydrogen-bond donors (Lipinski definition) is 10. The number of rotatable bonds is 19. The summed E-state index contributed by atoms with van der Waals surface area (Å²) in [5, 5.41) is 69.4. The molecule has 0 atom stereocenters. The van der Waals surface area contributed by atoms with Gasteiger partial charge in [0.25, 0.3) is 22.2 Å². The molecule has 0 aliphatic heterocycles. The highest BCUT2D eigenvalue weighted by molar-refractivity contribution is 6.03. The van der Waals surface area contributed by atoms with E-state index in [-0.39, 0.29) is 93.4 Å². The fourth-order valence-corrected chi connectivity index (χ4v) is 17.9. The minimum atomic E-state index is -0.771. The third kappa shape index (κ3) is 18.0. The summed E-state index contributed by atoms with van der Waals surface area (Å²) in [5.41, 5.74) is 41.5. The van der Waals surface area contributed by atoms with Crippen molar-refractivity contribution in [1.29, 1.82) is 10.8 Å². The molecule has 14 N–H and O–H groups in total. The Balaban J connectivity index is 0.000000123. The second-order valence-electron chi connectivity index (χ2n) is 35.2. The van der Waals surface area contributed by atoms with E-state index in [2.05, 4.69) is 84.7 Å². The van der Waals surface area contributed by atoms with Gasteiger partial charge >= 0.3 is 0 Å². The van der Waals surface area contributed by atoms with E-state index in [9.17, 15) is 33.8 Å². The lowest BCUT2D eigenvalue weighted by atomic mass is 10.1. The zero-order valence-electron chi connectivity index (χ0n) is 81.0. The average Bonchev–Trinajstić information content (AvgIpc) is 1.59. The van der Waals surface area contributed by atoms with Crippen LogP contribution in [0.25, 0.3) is 122 Å². The van der Waals surface area contributed by atoms with Crippen LogP contribution < -0.4 is 55.8 Å². The number of aromatic nitrogens is 25. The lowest BCUT2D eigenvalue weighted by Crippen LogP contribution is -2.30. The number of aromatic hydroxyl groups is 2. The van der Waals surface area contributed by atoms with Crippen LogP contribution in [0.1, 0.15) is 100 Å². The molecule has 0 radical (unpaired) electrons. The fourth-order valence-electron chi connectivity index (χ4n) is 17.9. The molecule has 0 amide bonds. The number of halogens is 1. The molecular formula is C106H96FN33O6. The highest BCUT2D eigenvalue weighted by Crippen LogP contribution is 2.38. The normalized spacial score (nSPS) is 11.7. The Bertz CT molecular complexity index is 9230. The SMILES string of the molecule is CNc1c(C(C)=N)nc(Cn2nc(-c3ccc(F)c(O)c3)c3c(N)ncnc32)n(-c2ccccc2C)c1=O.CNc1c(C(C)=N)nc(Cn2nc(-c3cccc(O)c3)c3c(N)ncnc32)n(-c2ccccc2C)c1=O.Cc1cccc(-c2nn(Cc3cc4cccc(C)c4c(=O)n3-c3ccccc3C)c3ncnc(N)c23)c1.Cc1ccccc1-n1c(Cn2nc(C#CC3CC3)c3c(N)ncnc32)nc2cnn(C)c2c1=O. The average molecular weight is 1950 g/mol. The molecule has 0 spiro atoms. The summed E-state index contributed by atoms with van der Waals surface area (Å²) in [6, 6.07) is 57.1. The highest BCUT2D eigenvalue weighted by Gasteiger charge is 2.30. The first-order chi connectivity index (χ1) is 70.4. The van der Waals surface area contributed by atoms with E-state index in [4.69, 9.17) is 64.0 Å². The molecule has 40 heteroatoms. The van der Waals surface area contributed by atoms with Crippen LogP contribution in [-0.4, -0.2) is 158 Å². The Hall–Kier alpha value is -19.5. The van der Waals surface area contributed by atoms with E-state index in [1.807, 2.05) is 180 Å². The quantitative estimate of drug-likeness (QED) is 0.0265. The van der Waals surface area contributed by atoms with E-state index >= 15 is 0 Å². The van der Waals surface area contributed by atoms with Crippen LogP contribution in [0.2, 0.25) is 0 Å². The lowest BCUT2D eigenvalue weighted by molar-refractivity contribution is 0.432. The Morgan fingerprint density at radius 2 is 0.849 bits per heavy atom. The monoisotopic (exact) mass is 1950 g/mol. The lowest BCUT2D eigenvalue weighted by Gasteiger charge is -2.18. The molecule has 1 saturated carbocycles. The minimum absolute atomic E-state index is 0.0199. The van der Waals surface area contributed by atoms with Gasteiger partial charge in [-0.05, 0) is 174 Å². The maximum atomic E-state index is 14.0. The van der Waals surface area contributed by atoms with Gasteiger partial charge in [-0.15, -0.1) is 0 Å². The first-order valence-electron chi connectivity index (χ1n) is 46.3. The molecular weight excluding hydrogens is 1850 g/mol. The smallest absolute Gasteiger partial charge is 0.284 e. The first kappa shape index (κ1) is 95.4. The summed E-state index contributed by atoms with van der Waals surface area (Å²) in [7, 11) is 4.98. The number of pyridine rings is 1. The number of benzene rings is 8. The van der Waals surface area contributed by atoms with Gasteiger partial charge in [0.1, 0.15) is 142 Å². The highest BCUT2D eigenvalue weighted by atomic mass is 19.1. The molecule has 21 aromatic rings. The van der Waals surface area contributed by atoms with Gasteiger partial charge in [0.05, 0.1) is 73.8 Å². The molecule has 13 aromatic heterocycles. The largest absolute Gasteiger partial charge is 0.508 e. The third-order valence-electron chi connectivity index (χ3n) is 25.1. The van der Waals surface area contributed by atoms with Crippen LogP contribution in [-0.2, 0) is 33.2 Å². The van der Waals surface area contributed by atoms with Crippen molar-refractivity contribution in [1.82, 2.24) is 122 Å². The number of aryl methyl sites for hydroxylation is 7. The maximum Gasteiger partial charge on any atom is 0.284 e. The Kier molecular flexibility index (Phi) is 25.7. The summed E-state index contributed by atoms with van der Waals surface area (Å²) in [5.74, 6) is 7.82. The summed E-state index contributed by atoms with van der Waals surface area (Å²) in [6.07, 6.45) is 9.30. The van der Waals surface area contributed by atoms with Crippen molar-refractivity contribution in [3.8, 4) is 79.9 Å². The van der Waals surface area contributed by atoms with Crippen molar-refractivity contribution in [2.75, 3.05) is 47.7 Å². The summed E-state index contributed by atoms with van der Waals surface area (Å²) >= 11 is 0. The van der Waals surface area contributed by atoms with Crippen molar-refractivity contribution in [2.45, 2.75) is 94.4 Å². The van der Waals surface area contributed by atoms with Gasteiger partial charge < -0.3 is 54.6 Å². The number of nitrogens with zero attached hydrogens (tertiary/aromatic N) is 25. The predicted molar refractivity (Wildman–Crippen MR) is 560 cm³/mol. The number of phenols is 2. The Morgan fingerprint density at radius 1 is 0.438 bits per heavy atom. The number of hydrogen-bond acceptors (Lipinski definition) is 30. The number of nitrogens with one attached hydrogen (secondary N) is 4. The number of fused-ring (bicyclic) bond motifs is 6. The Morgan fingerprint density at radius 3 is 1.30 bits per heavy atom. The van der Waals surface area contributed by atoms with Crippen molar-refractivity contribution in [2.24, 2.45) is 13.0 Å². The molecule has 22 rings (SSSR count). The number of anilines is 6. The van der Waals surface area contributed by atoms with Crippen LogP contribution in [0.15, 0.2) is 239 Å². The zero-order valence-corrected chi connectivity index (χ0v) is 81.0. The first-order valence-corrected chi connectivity index (χ1v) is 46.3. The van der Waals surface area contributed by atoms with Gasteiger partial charge in [-0.1, -0.05) is 133 Å². The van der Waals surface area contributed by atoms with Gasteiger partial charge in [-0.25, -0.2) is 77.9 Å². The predicted octanol–water partition coefficient (Wildman–Crippen LogP) is 13.7. The van der Waals surface area contributed by atoms with Crippen LogP contribution >= 0.6 is 0 Å². The molecule has 1 fully saturated rings. The molecule has 39 nitrogen and oxygen atoms in total. The molecule has 8 aromatic carbocycles. The molecule has 13 heterocycles. The van der Waals surface area contributed by atoms with Crippen LogP contribution in [0.3, 0.4) is 0 Å². The van der Waals surface area contributed by atoms with E-state index in [1.54, 1.807) is 88.6 Å². The zero-order chi connectivity index (χ0) is 102. The second-order valence-corrected chi connectivity index (χ2v) is 35.2. The van der Waals surface area contributed by atoms with Crippen molar-refractivity contribution >= 4 is 112 Å². The number of phenolic OH excluding ortho intramolecular Hbond substituents is 2. The standard InChI is InChI=1S/C30H26N6O.C26H24FN9O2.C26H25N9O2.C24H21N9O/c1-18-8-6-12-22(14-18)27-26-28(31)32-17-33-29(26)35(34-27)16-23-15-21-11-7-10-20(3)25(21)30(37)36(23)24-13-5-4-9-19(24)2;1-13-6-4-5-7-17(13)36-19(33-21(14(2)28)23(30-3)26(36)38)11-35-25-20(24(29)31-12-32-25)22(34-35)15-8-9-16(27)18(37)10-15;1-14-7-4-5-10-18(14)35-19(32-21(15(2)27)23(29-3)26(35)37)12-34-25-20(24(28)30-13-31-25)22(33-34)16-8-6-9-17(36)11-16;1-14-5-3-4-6-18(14)33-19(29-17-11-28-31(2)21(17)24(33)34)12-32-23-20(22(25)26-13-27-23)16(30-32)10-9-15-7-8-15/h4-15,17H,16H2,1-3H3,(H2,31,32,33);4-10,12,28,30,37H,11H2,1-3H3,(H2,29,31,32);4-11,13,27,29,36H,12H2,1-3H3,(H2,28,30,31);3-6,11,13,15H,7-8,12H2,1-2H3,(H2,25,26,27). The number of para-hydroxylation sites is 4. The molecule has 0 saturated heterocycles. The summed E-state index contributed by atoms with van der Waals surface area (Å²) in [4.78, 5) is 104. The number of nitrogen functional groups attached to an aromatic ring is 4. The molecule has 1 aliphatic carbocycles. The molecule has 1 aliphatic rings. The summed E-state index contributed by atoms with van der Waals surface area (Å²) in [6.45, 7) is 15.5. The minimum Gasteiger partial charge on any atom is -0.508 e. The van der Waals surface area contributed by atoms with E-state index in [0.29, 0.717) is 142 Å². The van der Waals surface area contributed by atoms with Gasteiger partial charge in [0.2, 0.25) is 0 Å². The van der Waals surface area contributed by atoms with Gasteiger partial charge in [-0.2, -0.15) is 25.5 Å². The second kappa shape index (κ2) is 39.3. The molecule has 0 unspecified atom stereocenters. The van der Waals surface area contributed by atoms with Gasteiger partial charge in [0.15, 0.2) is 39.7 Å². The number of nitrogens with two attached hydrogens (primary N) is 4. The molecule has 146 heavy (non-hydrogen) atoms. The van der Waals surface area contributed by atoms with E-state index in [1.165, 1.54) is 51.3 Å². The van der Waals surface area contributed by atoms with Gasteiger partial charge in [-0.3, -0.25) is 42.1 Å². The van der Waals surface area contributed by atoms with Crippen molar-refractivity contribution in [3.63, 3.8) is 0 Å². The van der Waals surface area contributed by atoms with Crippen molar-refractivity contribution in [3.05, 3.63) is 340 Å². The molecule has 0 bridgehead atoms. The van der Waals surface area contributed by atoms with Crippen LogP contribution in [0.4, 0.5) is 39.0 Å². The fraction of sp³-hybridized carbons (Fsp3) is 0.170. The third-order valence-corrected chi connectivity index (χ3v) is 25.1. The molecule has 728 valence electrons. The van der Waals surface area contributed by atoms with Crippen LogP contribution in [0, 0.1) is 75.9 Å². The van der Waals surface area contributed by atoms with E-state index in [0.717, 1.165) is 86.0 Å². The van der Waals surface area contributed by atoms with Crippen molar-refractivity contribution < 1.29 is 14.6 Å². The Labute approximate surface area is 830 Å².